The van der Waals surface area contributed by atoms with E-state index in [2.05, 4.69) is 4.90 Å². The van der Waals surface area contributed by atoms with Crippen LogP contribution in [0, 0.1) is 12.7 Å². The third-order valence-corrected chi connectivity index (χ3v) is 5.95. The molecule has 0 spiro atoms. The second kappa shape index (κ2) is 8.31. The highest BCUT2D eigenvalue weighted by molar-refractivity contribution is 7.16. The maximum Gasteiger partial charge on any atom is 0.336 e. The van der Waals surface area contributed by atoms with Crippen LogP contribution in [0.25, 0.3) is 22.4 Å². The number of nitrogens with zero attached hydrogens (tertiary/aromatic N) is 2. The topological polar surface area (TPSA) is 51.7 Å². The molecule has 0 N–H and O–H groups in total. The summed E-state index contributed by atoms with van der Waals surface area (Å²) < 4.78 is 23.4. The van der Waals surface area contributed by atoms with E-state index in [1.54, 1.807) is 23.5 Å². The number of rotatable bonds is 4. The Morgan fingerprint density at radius 3 is 2.41 bits per heavy atom. The number of methoxy groups -OCH3 is 1. The van der Waals surface area contributed by atoms with Crippen LogP contribution in [0.4, 0.5) is 9.52 Å². The SMILES string of the molecule is COC(=O)C1CN(c2nc(-c3ccc(-c4ccc(F)cc4)cc3)c(C)s2)CCO1. The minimum absolute atomic E-state index is 0.242. The molecule has 1 fully saturated rings. The number of hydrogen-bond acceptors (Lipinski definition) is 6. The zero-order valence-electron chi connectivity index (χ0n) is 16.2. The second-order valence-corrected chi connectivity index (χ2v) is 8.00. The molecule has 2 aromatic carbocycles. The lowest BCUT2D eigenvalue weighted by Gasteiger charge is -2.31. The first-order valence-electron chi connectivity index (χ1n) is 9.33. The van der Waals surface area contributed by atoms with Crippen molar-refractivity contribution in [1.82, 2.24) is 4.98 Å². The summed E-state index contributed by atoms with van der Waals surface area (Å²) >= 11 is 1.60. The van der Waals surface area contributed by atoms with E-state index in [1.807, 2.05) is 31.2 Å². The summed E-state index contributed by atoms with van der Waals surface area (Å²) in [4.78, 5) is 19.8. The number of ether oxygens (including phenoxy) is 2. The molecule has 1 unspecified atom stereocenters. The predicted octanol–water partition coefficient (Wildman–Crippen LogP) is 4.30. The number of carbonyl (C=O) groups is 1. The number of aromatic nitrogens is 1. The molecule has 1 aromatic heterocycles. The number of anilines is 1. The number of aryl methyl sites for hydroxylation is 1. The van der Waals surface area contributed by atoms with Gasteiger partial charge in [0.05, 0.1) is 26.0 Å². The molecule has 7 heteroatoms. The van der Waals surface area contributed by atoms with Crippen LogP contribution in [0.5, 0.6) is 0 Å². The summed E-state index contributed by atoms with van der Waals surface area (Å²) in [5.74, 6) is -0.604. The molecular weight excluding hydrogens is 391 g/mol. The Labute approximate surface area is 172 Å². The van der Waals surface area contributed by atoms with Gasteiger partial charge in [-0.1, -0.05) is 36.4 Å². The van der Waals surface area contributed by atoms with Crippen molar-refractivity contribution in [3.8, 4) is 22.4 Å². The lowest BCUT2D eigenvalue weighted by molar-refractivity contribution is -0.154. The van der Waals surface area contributed by atoms with E-state index in [4.69, 9.17) is 14.5 Å². The first-order chi connectivity index (χ1) is 14.0. The van der Waals surface area contributed by atoms with Gasteiger partial charge < -0.3 is 14.4 Å². The van der Waals surface area contributed by atoms with E-state index in [0.717, 1.165) is 32.4 Å². The van der Waals surface area contributed by atoms with E-state index < -0.39 is 6.10 Å². The maximum atomic E-state index is 13.1. The van der Waals surface area contributed by atoms with Crippen molar-refractivity contribution in [2.75, 3.05) is 31.7 Å². The summed E-state index contributed by atoms with van der Waals surface area (Å²) in [5.41, 5.74) is 3.94. The first kappa shape index (κ1) is 19.5. The van der Waals surface area contributed by atoms with Crippen LogP contribution in [0.2, 0.25) is 0 Å². The van der Waals surface area contributed by atoms with E-state index in [0.29, 0.717) is 19.7 Å². The Kier molecular flexibility index (Phi) is 5.60. The van der Waals surface area contributed by atoms with Gasteiger partial charge in [0.15, 0.2) is 11.2 Å². The summed E-state index contributed by atoms with van der Waals surface area (Å²) in [5, 5.41) is 0.873. The number of hydrogen-bond donors (Lipinski definition) is 0. The number of carbonyl (C=O) groups excluding carboxylic acids is 1. The van der Waals surface area contributed by atoms with Crippen LogP contribution in [-0.2, 0) is 14.3 Å². The van der Waals surface area contributed by atoms with Crippen molar-refractivity contribution in [2.45, 2.75) is 13.0 Å². The molecule has 3 aromatic rings. The highest BCUT2D eigenvalue weighted by Gasteiger charge is 2.29. The standard InChI is InChI=1S/C22H21FN2O3S/c1-14-20(17-5-3-15(4-6-17)16-7-9-18(23)10-8-16)24-22(29-14)25-11-12-28-19(13-25)21(26)27-2/h3-10,19H,11-13H2,1-2H3. The molecule has 150 valence electrons. The van der Waals surface area contributed by atoms with E-state index in [1.165, 1.54) is 19.2 Å². The summed E-state index contributed by atoms with van der Waals surface area (Å²) in [6.45, 7) is 3.62. The van der Waals surface area contributed by atoms with Crippen molar-refractivity contribution >= 4 is 22.4 Å². The fraction of sp³-hybridized carbons (Fsp3) is 0.273. The zero-order chi connectivity index (χ0) is 20.4. The minimum Gasteiger partial charge on any atom is -0.467 e. The zero-order valence-corrected chi connectivity index (χ0v) is 17.0. The van der Waals surface area contributed by atoms with Gasteiger partial charge in [-0.05, 0) is 30.2 Å². The lowest BCUT2D eigenvalue weighted by atomic mass is 10.0. The fourth-order valence-electron chi connectivity index (χ4n) is 3.35. The van der Waals surface area contributed by atoms with Crippen molar-refractivity contribution in [1.29, 1.82) is 0 Å². The molecule has 0 amide bonds. The molecule has 1 atom stereocenters. The Hall–Kier alpha value is -2.77. The highest BCUT2D eigenvalue weighted by atomic mass is 32.1. The van der Waals surface area contributed by atoms with Gasteiger partial charge in [0.1, 0.15) is 5.82 Å². The van der Waals surface area contributed by atoms with Crippen molar-refractivity contribution in [3.63, 3.8) is 0 Å². The van der Waals surface area contributed by atoms with Gasteiger partial charge in [-0.2, -0.15) is 0 Å². The van der Waals surface area contributed by atoms with Crippen LogP contribution in [0.15, 0.2) is 48.5 Å². The van der Waals surface area contributed by atoms with Gasteiger partial charge >= 0.3 is 5.97 Å². The fourth-order valence-corrected chi connectivity index (χ4v) is 4.31. The monoisotopic (exact) mass is 412 g/mol. The van der Waals surface area contributed by atoms with E-state index in [9.17, 15) is 9.18 Å². The average Bonchev–Trinajstić information content (AvgIpc) is 3.15. The molecular formula is C22H21FN2O3S. The first-order valence-corrected chi connectivity index (χ1v) is 10.1. The van der Waals surface area contributed by atoms with Gasteiger partial charge in [-0.25, -0.2) is 14.2 Å². The normalized spacial score (nSPS) is 16.7. The molecule has 0 saturated carbocycles. The number of thiazole rings is 1. The van der Waals surface area contributed by atoms with E-state index >= 15 is 0 Å². The minimum atomic E-state index is -0.587. The summed E-state index contributed by atoms with van der Waals surface area (Å²) in [7, 11) is 1.37. The molecule has 1 saturated heterocycles. The van der Waals surface area contributed by atoms with Crippen LogP contribution in [0.3, 0.4) is 0 Å². The van der Waals surface area contributed by atoms with Gasteiger partial charge in [-0.3, -0.25) is 0 Å². The van der Waals surface area contributed by atoms with Gasteiger partial charge in [-0.15, -0.1) is 11.3 Å². The Balaban J connectivity index is 1.55. The molecule has 5 nitrogen and oxygen atoms in total. The third-order valence-electron chi connectivity index (χ3n) is 4.92. The molecule has 0 radical (unpaired) electrons. The quantitative estimate of drug-likeness (QED) is 0.598. The smallest absolute Gasteiger partial charge is 0.336 e. The van der Waals surface area contributed by atoms with Crippen LogP contribution in [0.1, 0.15) is 4.88 Å². The average molecular weight is 412 g/mol. The Bertz CT molecular complexity index is 1000. The number of morpholine rings is 1. The second-order valence-electron chi connectivity index (χ2n) is 6.81. The molecule has 1 aliphatic heterocycles. The predicted molar refractivity (Wildman–Crippen MR) is 112 cm³/mol. The molecule has 1 aliphatic rings. The molecule has 0 bridgehead atoms. The molecule has 4 rings (SSSR count). The third kappa shape index (κ3) is 4.16. The van der Waals surface area contributed by atoms with Gasteiger partial charge in [0.2, 0.25) is 0 Å². The number of benzene rings is 2. The van der Waals surface area contributed by atoms with E-state index in [-0.39, 0.29) is 11.8 Å². The van der Waals surface area contributed by atoms with Gasteiger partial charge in [0.25, 0.3) is 0 Å². The Morgan fingerprint density at radius 2 is 1.76 bits per heavy atom. The van der Waals surface area contributed by atoms with Crippen molar-refractivity contribution in [3.05, 3.63) is 59.2 Å². The molecule has 2 heterocycles. The summed E-state index contributed by atoms with van der Waals surface area (Å²) in [6.07, 6.45) is -0.587. The van der Waals surface area contributed by atoms with Crippen LogP contribution >= 0.6 is 11.3 Å². The summed E-state index contributed by atoms with van der Waals surface area (Å²) in [6, 6.07) is 14.6. The Morgan fingerprint density at radius 1 is 1.14 bits per heavy atom. The largest absolute Gasteiger partial charge is 0.467 e. The van der Waals surface area contributed by atoms with Gasteiger partial charge in [0, 0.05) is 17.0 Å². The van der Waals surface area contributed by atoms with Crippen molar-refractivity contribution < 1.29 is 18.7 Å². The van der Waals surface area contributed by atoms with Crippen LogP contribution < -0.4 is 4.90 Å². The molecule has 0 aliphatic carbocycles. The lowest BCUT2D eigenvalue weighted by Crippen LogP contribution is -2.46. The van der Waals surface area contributed by atoms with Crippen molar-refractivity contribution in [2.24, 2.45) is 0 Å². The highest BCUT2D eigenvalue weighted by Crippen LogP contribution is 2.34. The number of halogens is 1. The molecule has 29 heavy (non-hydrogen) atoms. The van der Waals surface area contributed by atoms with Crippen LogP contribution in [-0.4, -0.2) is 43.9 Å². The maximum absolute atomic E-state index is 13.1. The number of esters is 1.